The molecule has 18 heavy (non-hydrogen) atoms. The number of rotatable bonds is 7. The summed E-state index contributed by atoms with van der Waals surface area (Å²) in [6.07, 6.45) is 0.336. The molecule has 1 rings (SSSR count). The maximum Gasteiger partial charge on any atom is 0.162 e. The van der Waals surface area contributed by atoms with Gasteiger partial charge in [-0.2, -0.15) is 0 Å². The van der Waals surface area contributed by atoms with Crippen LogP contribution in [0.25, 0.3) is 0 Å². The first-order valence-electron chi connectivity index (χ1n) is 6.25. The van der Waals surface area contributed by atoms with E-state index in [-0.39, 0.29) is 17.8 Å². The van der Waals surface area contributed by atoms with Gasteiger partial charge in [-0.1, -0.05) is 26.0 Å². The zero-order valence-corrected chi connectivity index (χ0v) is 10.9. The molecule has 1 aromatic carbocycles. The van der Waals surface area contributed by atoms with E-state index in [1.54, 1.807) is 0 Å². The second-order valence-electron chi connectivity index (χ2n) is 4.21. The molecule has 0 bridgehead atoms. The molecule has 0 aliphatic rings. The Hall–Kier alpha value is -1.29. The molecule has 1 aromatic rings. The Balaban J connectivity index is 2.52. The highest BCUT2D eigenvalue weighted by atomic mass is 19.2. The fraction of sp³-hybridized carbons (Fsp3) is 0.500. The Morgan fingerprint density at radius 1 is 1.22 bits per heavy atom. The first kappa shape index (κ1) is 14.8. The maximum absolute atomic E-state index is 13.4. The lowest BCUT2D eigenvalue weighted by atomic mass is 10.1. The Labute approximate surface area is 107 Å². The predicted octanol–water partition coefficient (Wildman–Crippen LogP) is 2.81. The molecule has 0 unspecified atom stereocenters. The molecule has 0 radical (unpaired) electrons. The lowest BCUT2D eigenvalue weighted by molar-refractivity contribution is -0.118. The van der Waals surface area contributed by atoms with Gasteiger partial charge in [0.15, 0.2) is 11.6 Å². The zero-order valence-electron chi connectivity index (χ0n) is 10.9. The van der Waals surface area contributed by atoms with Crippen molar-refractivity contribution in [2.45, 2.75) is 26.7 Å². The Morgan fingerprint density at radius 2 is 1.89 bits per heavy atom. The number of benzene rings is 1. The molecule has 100 valence electrons. The van der Waals surface area contributed by atoms with Crippen LogP contribution in [0.4, 0.5) is 8.78 Å². The summed E-state index contributed by atoms with van der Waals surface area (Å²) in [5, 5.41) is 0. The number of nitrogens with zero attached hydrogens (tertiary/aromatic N) is 1. The number of hydrogen-bond acceptors (Lipinski definition) is 2. The van der Waals surface area contributed by atoms with Gasteiger partial charge < -0.3 is 4.90 Å². The van der Waals surface area contributed by atoms with Crippen molar-refractivity contribution < 1.29 is 13.6 Å². The number of Topliss-reactive ketones (excluding diaryl/α,β-unsaturated/α-hetero) is 1. The highest BCUT2D eigenvalue weighted by Gasteiger charge is 2.12. The van der Waals surface area contributed by atoms with Gasteiger partial charge in [-0.15, -0.1) is 0 Å². The Kier molecular flexibility index (Phi) is 5.92. The molecule has 0 heterocycles. The smallest absolute Gasteiger partial charge is 0.162 e. The summed E-state index contributed by atoms with van der Waals surface area (Å²) in [5.74, 6) is -1.87. The predicted molar refractivity (Wildman–Crippen MR) is 67.5 cm³/mol. The summed E-state index contributed by atoms with van der Waals surface area (Å²) >= 11 is 0. The van der Waals surface area contributed by atoms with Gasteiger partial charge in [-0.05, 0) is 24.7 Å². The van der Waals surface area contributed by atoms with Gasteiger partial charge in [0.1, 0.15) is 5.78 Å². The number of carbonyl (C=O) groups is 1. The van der Waals surface area contributed by atoms with Gasteiger partial charge in [0, 0.05) is 19.4 Å². The minimum atomic E-state index is -0.909. The Bertz CT molecular complexity index is 403. The van der Waals surface area contributed by atoms with E-state index >= 15 is 0 Å². The van der Waals surface area contributed by atoms with E-state index < -0.39 is 11.6 Å². The van der Waals surface area contributed by atoms with Gasteiger partial charge >= 0.3 is 0 Å². The first-order chi connectivity index (χ1) is 8.58. The monoisotopic (exact) mass is 255 g/mol. The SMILES string of the molecule is CCN(CC)CCC(=O)Cc1cccc(F)c1F. The molecular formula is C14H19F2NO. The second-order valence-corrected chi connectivity index (χ2v) is 4.21. The fourth-order valence-corrected chi connectivity index (χ4v) is 1.81. The topological polar surface area (TPSA) is 20.3 Å². The third-order valence-corrected chi connectivity index (χ3v) is 3.02. The van der Waals surface area contributed by atoms with Crippen LogP contribution in [0.2, 0.25) is 0 Å². The summed E-state index contributed by atoms with van der Waals surface area (Å²) in [5.41, 5.74) is 0.138. The van der Waals surface area contributed by atoms with Crippen molar-refractivity contribution in [2.24, 2.45) is 0 Å². The quantitative estimate of drug-likeness (QED) is 0.746. The van der Waals surface area contributed by atoms with E-state index in [1.165, 1.54) is 12.1 Å². The van der Waals surface area contributed by atoms with Crippen molar-refractivity contribution in [1.29, 1.82) is 0 Å². The average Bonchev–Trinajstić information content (AvgIpc) is 2.36. The average molecular weight is 255 g/mol. The normalized spacial score (nSPS) is 10.9. The van der Waals surface area contributed by atoms with Crippen LogP contribution in [0.1, 0.15) is 25.8 Å². The van der Waals surface area contributed by atoms with E-state index in [0.29, 0.717) is 13.0 Å². The minimum absolute atomic E-state index is 0.0368. The standard InChI is InChI=1S/C14H19F2NO/c1-3-17(4-2)9-8-12(18)10-11-6-5-7-13(15)14(11)16/h5-7H,3-4,8-10H2,1-2H3. The molecule has 0 aliphatic carbocycles. The number of carbonyl (C=O) groups excluding carboxylic acids is 1. The molecule has 0 saturated heterocycles. The second kappa shape index (κ2) is 7.21. The molecule has 0 spiro atoms. The van der Waals surface area contributed by atoms with E-state index in [4.69, 9.17) is 0 Å². The third kappa shape index (κ3) is 4.18. The van der Waals surface area contributed by atoms with Gasteiger partial charge in [0.25, 0.3) is 0 Å². The molecule has 0 atom stereocenters. The van der Waals surface area contributed by atoms with Gasteiger partial charge in [0.05, 0.1) is 0 Å². The number of ketones is 1. The summed E-state index contributed by atoms with van der Waals surface area (Å²) in [6, 6.07) is 3.93. The van der Waals surface area contributed by atoms with Crippen molar-refractivity contribution in [2.75, 3.05) is 19.6 Å². The third-order valence-electron chi connectivity index (χ3n) is 3.02. The van der Waals surface area contributed by atoms with Crippen LogP contribution in [0, 0.1) is 11.6 Å². The first-order valence-corrected chi connectivity index (χ1v) is 6.25. The van der Waals surface area contributed by atoms with Crippen LogP contribution in [0.5, 0.6) is 0 Å². The van der Waals surface area contributed by atoms with Gasteiger partial charge in [0.2, 0.25) is 0 Å². The largest absolute Gasteiger partial charge is 0.303 e. The van der Waals surface area contributed by atoms with E-state index in [9.17, 15) is 13.6 Å². The molecule has 0 N–H and O–H groups in total. The van der Waals surface area contributed by atoms with Crippen molar-refractivity contribution in [3.05, 3.63) is 35.4 Å². The number of hydrogen-bond donors (Lipinski definition) is 0. The molecular weight excluding hydrogens is 236 g/mol. The molecule has 0 saturated carbocycles. The van der Waals surface area contributed by atoms with Crippen LogP contribution >= 0.6 is 0 Å². The minimum Gasteiger partial charge on any atom is -0.303 e. The van der Waals surface area contributed by atoms with E-state index in [0.717, 1.165) is 19.2 Å². The summed E-state index contributed by atoms with van der Waals surface area (Å²) in [7, 11) is 0. The zero-order chi connectivity index (χ0) is 13.5. The van der Waals surface area contributed by atoms with Crippen LogP contribution < -0.4 is 0 Å². The molecule has 0 fully saturated rings. The fourth-order valence-electron chi connectivity index (χ4n) is 1.81. The summed E-state index contributed by atoms with van der Waals surface area (Å²) < 4.78 is 26.3. The van der Waals surface area contributed by atoms with Crippen molar-refractivity contribution in [3.63, 3.8) is 0 Å². The molecule has 2 nitrogen and oxygen atoms in total. The number of halogens is 2. The van der Waals surface area contributed by atoms with E-state index in [1.807, 2.05) is 13.8 Å². The highest BCUT2D eigenvalue weighted by Crippen LogP contribution is 2.12. The van der Waals surface area contributed by atoms with E-state index in [2.05, 4.69) is 4.90 Å². The van der Waals surface area contributed by atoms with Gasteiger partial charge in [-0.3, -0.25) is 4.79 Å². The van der Waals surface area contributed by atoms with Crippen LogP contribution in [-0.2, 0) is 11.2 Å². The van der Waals surface area contributed by atoms with Crippen molar-refractivity contribution >= 4 is 5.78 Å². The van der Waals surface area contributed by atoms with Crippen LogP contribution in [-0.4, -0.2) is 30.3 Å². The summed E-state index contributed by atoms with van der Waals surface area (Å²) in [6.45, 7) is 6.50. The molecule has 0 amide bonds. The Morgan fingerprint density at radius 3 is 2.50 bits per heavy atom. The van der Waals surface area contributed by atoms with Crippen molar-refractivity contribution in [1.82, 2.24) is 4.90 Å². The molecule has 0 aromatic heterocycles. The summed E-state index contributed by atoms with van der Waals surface area (Å²) in [4.78, 5) is 13.8. The van der Waals surface area contributed by atoms with Crippen LogP contribution in [0.15, 0.2) is 18.2 Å². The maximum atomic E-state index is 13.4. The lowest BCUT2D eigenvalue weighted by Crippen LogP contribution is -2.26. The van der Waals surface area contributed by atoms with Crippen LogP contribution in [0.3, 0.4) is 0 Å². The lowest BCUT2D eigenvalue weighted by Gasteiger charge is -2.17. The van der Waals surface area contributed by atoms with Crippen molar-refractivity contribution in [3.8, 4) is 0 Å². The van der Waals surface area contributed by atoms with Gasteiger partial charge in [-0.25, -0.2) is 8.78 Å². The molecule has 4 heteroatoms. The highest BCUT2D eigenvalue weighted by molar-refractivity contribution is 5.81. The molecule has 0 aliphatic heterocycles.